The van der Waals surface area contributed by atoms with Gasteiger partial charge in [0.15, 0.2) is 0 Å². The number of carbonyl (C=O) groups is 1. The van der Waals surface area contributed by atoms with Gasteiger partial charge >= 0.3 is 0 Å². The lowest BCUT2D eigenvalue weighted by molar-refractivity contribution is 0.0723. The predicted octanol–water partition coefficient (Wildman–Crippen LogP) is 3.65. The molecule has 0 saturated carbocycles. The molecule has 1 aromatic heterocycles. The Morgan fingerprint density at radius 3 is 2.18 bits per heavy atom. The van der Waals surface area contributed by atoms with Crippen LogP contribution in [0.4, 0.5) is 0 Å². The van der Waals surface area contributed by atoms with E-state index in [0.29, 0.717) is 5.56 Å². The van der Waals surface area contributed by atoms with Crippen LogP contribution in [0.2, 0.25) is 10.3 Å². The molecule has 0 fully saturated rings. The van der Waals surface area contributed by atoms with Crippen molar-refractivity contribution in [2.24, 2.45) is 0 Å². The van der Waals surface area contributed by atoms with Gasteiger partial charge in [-0.3, -0.25) is 4.79 Å². The lowest BCUT2D eigenvalue weighted by Gasteiger charge is -2.26. The van der Waals surface area contributed by atoms with E-state index in [1.165, 1.54) is 12.1 Å². The number of hydrogen-bond donors (Lipinski definition) is 0. The Hall–Kier alpha value is -0.800. The number of pyridine rings is 1. The van der Waals surface area contributed by atoms with Gasteiger partial charge in [-0.25, -0.2) is 4.98 Å². The Labute approximate surface area is 112 Å². The maximum atomic E-state index is 12.2. The van der Waals surface area contributed by atoms with E-state index in [9.17, 15) is 4.79 Å². The fourth-order valence-electron chi connectivity index (χ4n) is 1.79. The summed E-state index contributed by atoms with van der Waals surface area (Å²) in [6, 6.07) is 3.30. The number of rotatable bonds is 4. The van der Waals surface area contributed by atoms with Crippen molar-refractivity contribution in [2.75, 3.05) is 7.05 Å². The summed E-state index contributed by atoms with van der Waals surface area (Å²) in [5.41, 5.74) is 0.476. The Bertz CT molecular complexity index is 385. The van der Waals surface area contributed by atoms with Crippen molar-refractivity contribution >= 4 is 29.1 Å². The maximum absolute atomic E-state index is 12.2. The van der Waals surface area contributed by atoms with Crippen LogP contribution < -0.4 is 0 Å². The molecule has 1 amide bonds. The van der Waals surface area contributed by atoms with Gasteiger partial charge in [0.25, 0.3) is 5.91 Å². The van der Waals surface area contributed by atoms with Crippen molar-refractivity contribution < 1.29 is 4.79 Å². The molecule has 1 aromatic rings. The third-order valence-corrected chi connectivity index (χ3v) is 3.21. The molecule has 0 bridgehead atoms. The summed E-state index contributed by atoms with van der Waals surface area (Å²) in [5.74, 6) is -0.0788. The minimum atomic E-state index is -0.0788. The topological polar surface area (TPSA) is 33.2 Å². The van der Waals surface area contributed by atoms with Crippen molar-refractivity contribution in [3.05, 3.63) is 28.0 Å². The van der Waals surface area contributed by atoms with E-state index in [1.54, 1.807) is 11.9 Å². The molecular formula is C12H16Cl2N2O. The first-order valence-corrected chi connectivity index (χ1v) is 6.35. The van der Waals surface area contributed by atoms with E-state index < -0.39 is 0 Å². The van der Waals surface area contributed by atoms with E-state index in [1.807, 2.05) is 0 Å². The number of aromatic nitrogens is 1. The number of amides is 1. The Morgan fingerprint density at radius 2 is 1.76 bits per heavy atom. The lowest BCUT2D eigenvalue weighted by Crippen LogP contribution is -2.36. The molecular weight excluding hydrogens is 259 g/mol. The summed E-state index contributed by atoms with van der Waals surface area (Å²) in [6.07, 6.45) is 1.84. The fourth-order valence-corrected chi connectivity index (χ4v) is 2.25. The molecule has 0 atom stereocenters. The van der Waals surface area contributed by atoms with Crippen molar-refractivity contribution in [1.82, 2.24) is 9.88 Å². The van der Waals surface area contributed by atoms with Crippen molar-refractivity contribution in [3.8, 4) is 0 Å². The molecule has 0 N–H and O–H groups in total. The van der Waals surface area contributed by atoms with Gasteiger partial charge in [0.1, 0.15) is 10.3 Å². The standard InChI is InChI=1S/C12H16Cl2N2O/c1-4-9(5-2)16(3)12(17)8-6-10(13)15-11(14)7-8/h6-7,9H,4-5H2,1-3H3. The summed E-state index contributed by atoms with van der Waals surface area (Å²) < 4.78 is 0. The molecule has 0 aromatic carbocycles. The molecule has 0 radical (unpaired) electrons. The molecule has 1 rings (SSSR count). The monoisotopic (exact) mass is 274 g/mol. The van der Waals surface area contributed by atoms with Crippen LogP contribution in [-0.4, -0.2) is 28.9 Å². The second-order valence-electron chi connectivity index (χ2n) is 3.89. The van der Waals surface area contributed by atoms with Gasteiger partial charge in [0.2, 0.25) is 0 Å². The van der Waals surface area contributed by atoms with Crippen LogP contribution in [0.3, 0.4) is 0 Å². The average molecular weight is 275 g/mol. The highest BCUT2D eigenvalue weighted by Crippen LogP contribution is 2.18. The van der Waals surface area contributed by atoms with Crippen LogP contribution in [0.5, 0.6) is 0 Å². The number of hydrogen-bond acceptors (Lipinski definition) is 2. The Balaban J connectivity index is 2.95. The van der Waals surface area contributed by atoms with Gasteiger partial charge in [0, 0.05) is 18.7 Å². The summed E-state index contributed by atoms with van der Waals surface area (Å²) in [7, 11) is 1.79. The van der Waals surface area contributed by atoms with Gasteiger partial charge in [-0.15, -0.1) is 0 Å². The van der Waals surface area contributed by atoms with Crippen LogP contribution >= 0.6 is 23.2 Å². The fraction of sp³-hybridized carbons (Fsp3) is 0.500. The molecule has 1 heterocycles. The third kappa shape index (κ3) is 3.58. The van der Waals surface area contributed by atoms with E-state index in [2.05, 4.69) is 18.8 Å². The SMILES string of the molecule is CCC(CC)N(C)C(=O)c1cc(Cl)nc(Cl)c1. The van der Waals surface area contributed by atoms with E-state index in [0.717, 1.165) is 12.8 Å². The molecule has 3 nitrogen and oxygen atoms in total. The second kappa shape index (κ2) is 6.22. The molecule has 0 unspecified atom stereocenters. The predicted molar refractivity (Wildman–Crippen MR) is 70.7 cm³/mol. The molecule has 0 aliphatic carbocycles. The highest BCUT2D eigenvalue weighted by molar-refractivity contribution is 6.33. The molecule has 5 heteroatoms. The molecule has 94 valence electrons. The zero-order valence-electron chi connectivity index (χ0n) is 10.2. The van der Waals surface area contributed by atoms with E-state index in [-0.39, 0.29) is 22.3 Å². The first-order chi connectivity index (χ1) is 7.99. The summed E-state index contributed by atoms with van der Waals surface area (Å²) >= 11 is 11.6. The van der Waals surface area contributed by atoms with Crippen LogP contribution in [-0.2, 0) is 0 Å². The number of nitrogens with zero attached hydrogens (tertiary/aromatic N) is 2. The van der Waals surface area contributed by atoms with E-state index in [4.69, 9.17) is 23.2 Å². The summed E-state index contributed by atoms with van der Waals surface area (Å²) in [5, 5.41) is 0.470. The molecule has 0 spiro atoms. The van der Waals surface area contributed by atoms with Gasteiger partial charge in [-0.05, 0) is 25.0 Å². The molecule has 0 aliphatic rings. The van der Waals surface area contributed by atoms with Gasteiger partial charge in [-0.2, -0.15) is 0 Å². The van der Waals surface area contributed by atoms with Crippen molar-refractivity contribution in [3.63, 3.8) is 0 Å². The van der Waals surface area contributed by atoms with Crippen molar-refractivity contribution in [2.45, 2.75) is 32.7 Å². The zero-order chi connectivity index (χ0) is 13.0. The van der Waals surface area contributed by atoms with Gasteiger partial charge < -0.3 is 4.90 Å². The minimum absolute atomic E-state index is 0.0788. The minimum Gasteiger partial charge on any atom is -0.339 e. The highest BCUT2D eigenvalue weighted by atomic mass is 35.5. The smallest absolute Gasteiger partial charge is 0.254 e. The first-order valence-electron chi connectivity index (χ1n) is 5.59. The Kier molecular flexibility index (Phi) is 5.22. The lowest BCUT2D eigenvalue weighted by atomic mass is 10.1. The molecule has 0 saturated heterocycles. The van der Waals surface area contributed by atoms with Crippen molar-refractivity contribution in [1.29, 1.82) is 0 Å². The zero-order valence-corrected chi connectivity index (χ0v) is 11.7. The second-order valence-corrected chi connectivity index (χ2v) is 4.66. The highest BCUT2D eigenvalue weighted by Gasteiger charge is 2.19. The van der Waals surface area contributed by atoms with Crippen LogP contribution in [0, 0.1) is 0 Å². The summed E-state index contributed by atoms with van der Waals surface area (Å²) in [6.45, 7) is 4.12. The van der Waals surface area contributed by atoms with Crippen LogP contribution in [0.25, 0.3) is 0 Å². The molecule has 17 heavy (non-hydrogen) atoms. The average Bonchev–Trinajstić information content (AvgIpc) is 2.28. The largest absolute Gasteiger partial charge is 0.339 e. The summed E-state index contributed by atoms with van der Waals surface area (Å²) in [4.78, 5) is 17.7. The maximum Gasteiger partial charge on any atom is 0.254 e. The third-order valence-electron chi connectivity index (χ3n) is 2.82. The molecule has 0 aliphatic heterocycles. The van der Waals surface area contributed by atoms with Gasteiger partial charge in [0.05, 0.1) is 0 Å². The van der Waals surface area contributed by atoms with Gasteiger partial charge in [-0.1, -0.05) is 37.0 Å². The first kappa shape index (κ1) is 14.3. The number of carbonyl (C=O) groups excluding carboxylic acids is 1. The van der Waals surface area contributed by atoms with E-state index >= 15 is 0 Å². The Morgan fingerprint density at radius 1 is 1.29 bits per heavy atom. The van der Waals surface area contributed by atoms with Crippen LogP contribution in [0.15, 0.2) is 12.1 Å². The quantitative estimate of drug-likeness (QED) is 0.786. The number of halogens is 2. The van der Waals surface area contributed by atoms with Crippen LogP contribution in [0.1, 0.15) is 37.0 Å². The normalized spacial score (nSPS) is 10.7.